The smallest absolute Gasteiger partial charge is 0.449 e. The molecule has 2 N–H and O–H groups in total. The highest BCUT2D eigenvalue weighted by molar-refractivity contribution is 7.72. The molecule has 3 rings (SSSR count). The van der Waals surface area contributed by atoms with Gasteiger partial charge in [-0.3, -0.25) is 9.59 Å². The lowest BCUT2D eigenvalue weighted by atomic mass is 10.1. The Morgan fingerprint density at radius 1 is 0.619 bits per heavy atom. The number of hydrogen-bond donors (Lipinski definition) is 2. The summed E-state index contributed by atoms with van der Waals surface area (Å²) < 4.78 is 63.6. The number of methoxy groups -OCH3 is 3. The van der Waals surface area contributed by atoms with Crippen LogP contribution in [-0.2, 0) is 9.13 Å². The van der Waals surface area contributed by atoms with E-state index in [9.17, 15) is 28.5 Å². The molecule has 0 aromatic heterocycles. The van der Waals surface area contributed by atoms with Crippen molar-refractivity contribution in [2.45, 2.75) is 13.8 Å². The summed E-state index contributed by atoms with van der Waals surface area (Å²) in [5.74, 6) is -1.61. The van der Waals surface area contributed by atoms with E-state index in [0.29, 0.717) is 0 Å². The Morgan fingerprint density at radius 3 is 1.29 bits per heavy atom. The monoisotopic (exact) mass is 624 g/mol. The van der Waals surface area contributed by atoms with Gasteiger partial charge in [0.05, 0.1) is 34.5 Å². The molecular formula is C27H30O13P2. The zero-order valence-corrected chi connectivity index (χ0v) is 25.2. The molecule has 42 heavy (non-hydrogen) atoms. The molecule has 0 spiro atoms. The minimum absolute atomic E-state index is 0.0947. The van der Waals surface area contributed by atoms with E-state index in [1.807, 2.05) is 0 Å². The highest BCUT2D eigenvalue weighted by Crippen LogP contribution is 2.56. The Morgan fingerprint density at radius 2 is 0.976 bits per heavy atom. The predicted octanol–water partition coefficient (Wildman–Crippen LogP) is 5.32. The summed E-state index contributed by atoms with van der Waals surface area (Å²) in [5.41, 5.74) is -4.54. The number of benzene rings is 3. The van der Waals surface area contributed by atoms with Crippen LogP contribution in [0.5, 0.6) is 40.2 Å². The number of para-hydroxylation sites is 4. The molecule has 2 unspecified atom stereocenters. The Labute approximate surface area is 241 Å². The fourth-order valence-electron chi connectivity index (χ4n) is 3.78. The van der Waals surface area contributed by atoms with Gasteiger partial charge >= 0.3 is 15.2 Å². The summed E-state index contributed by atoms with van der Waals surface area (Å²) >= 11 is 0. The van der Waals surface area contributed by atoms with Crippen LogP contribution in [0.25, 0.3) is 0 Å². The van der Waals surface area contributed by atoms with Crippen LogP contribution in [0.3, 0.4) is 0 Å². The number of carbonyl (C=O) groups excluding carboxylic acids is 2. The third-order valence-corrected chi connectivity index (χ3v) is 7.90. The zero-order chi connectivity index (χ0) is 31.1. The molecule has 0 aliphatic heterocycles. The van der Waals surface area contributed by atoms with Crippen LogP contribution < -0.4 is 32.7 Å². The molecule has 0 saturated carbocycles. The standard InChI is InChI=1S/C27H30O13P2/c1-6-37-17-12-8-10-14-19(17)39-41(30,31)26(28)23-21(34-3)16-22(35-4)24(25(23)36-5)27(29)42(32,33)40-20-15-11-9-13-18(20)38-7-2/h8-16H,6-7H2,1-5H3,(H,30,31)(H,32,33). The van der Waals surface area contributed by atoms with Crippen LogP contribution in [0.15, 0.2) is 54.6 Å². The average molecular weight is 624 g/mol. The van der Waals surface area contributed by atoms with Crippen LogP contribution in [0, 0.1) is 0 Å². The van der Waals surface area contributed by atoms with Crippen LogP contribution in [0.2, 0.25) is 0 Å². The van der Waals surface area contributed by atoms with Crippen molar-refractivity contribution in [3.63, 3.8) is 0 Å². The van der Waals surface area contributed by atoms with Crippen molar-refractivity contribution >= 4 is 26.2 Å². The Balaban J connectivity index is 2.14. The molecule has 0 saturated heterocycles. The normalized spacial score (nSPS) is 13.6. The average Bonchev–Trinajstić information content (AvgIpc) is 2.97. The van der Waals surface area contributed by atoms with Gasteiger partial charge in [0, 0.05) is 6.07 Å². The molecule has 226 valence electrons. The summed E-state index contributed by atoms with van der Waals surface area (Å²) in [5, 5.41) is 0. The first-order chi connectivity index (χ1) is 19.9. The van der Waals surface area contributed by atoms with Crippen molar-refractivity contribution in [3.8, 4) is 40.2 Å². The summed E-state index contributed by atoms with van der Waals surface area (Å²) in [7, 11) is -7.19. The molecule has 2 atom stereocenters. The molecule has 0 fully saturated rings. The number of ether oxygens (including phenoxy) is 5. The van der Waals surface area contributed by atoms with Gasteiger partial charge in [0.2, 0.25) is 0 Å². The van der Waals surface area contributed by atoms with Crippen molar-refractivity contribution in [2.75, 3.05) is 34.5 Å². The zero-order valence-electron chi connectivity index (χ0n) is 23.4. The van der Waals surface area contributed by atoms with Gasteiger partial charge in [-0.2, -0.15) is 0 Å². The third-order valence-electron chi connectivity index (χ3n) is 5.54. The fourth-order valence-corrected chi connectivity index (χ4v) is 5.77. The molecule has 3 aromatic carbocycles. The van der Waals surface area contributed by atoms with Crippen LogP contribution in [0.4, 0.5) is 0 Å². The van der Waals surface area contributed by atoms with E-state index < -0.39 is 43.1 Å². The maximum Gasteiger partial charge on any atom is 0.449 e. The Kier molecular flexibility index (Phi) is 10.6. The molecule has 3 aromatic rings. The topological polar surface area (TPSA) is 173 Å². The molecule has 0 aliphatic carbocycles. The molecule has 0 radical (unpaired) electrons. The lowest BCUT2D eigenvalue weighted by molar-refractivity contribution is 0.103. The first-order valence-electron chi connectivity index (χ1n) is 12.4. The SMILES string of the molecule is CCOc1ccccc1OP(=O)(O)C(=O)c1c(OC)cc(OC)c(C(=O)P(=O)(O)Oc2ccccc2OCC)c1OC. The van der Waals surface area contributed by atoms with E-state index in [4.69, 9.17) is 32.7 Å². The third kappa shape index (κ3) is 6.88. The number of carbonyl (C=O) groups is 2. The summed E-state index contributed by atoms with van der Waals surface area (Å²) in [6, 6.07) is 12.8. The minimum Gasteiger partial charge on any atom is -0.496 e. The van der Waals surface area contributed by atoms with E-state index in [-0.39, 0.29) is 47.7 Å². The van der Waals surface area contributed by atoms with E-state index >= 15 is 0 Å². The largest absolute Gasteiger partial charge is 0.496 e. The first-order valence-corrected chi connectivity index (χ1v) is 15.5. The maximum absolute atomic E-state index is 13.6. The van der Waals surface area contributed by atoms with Gasteiger partial charge in [0.1, 0.15) is 28.4 Å². The van der Waals surface area contributed by atoms with Gasteiger partial charge in [-0.25, -0.2) is 9.13 Å². The molecule has 13 nitrogen and oxygen atoms in total. The van der Waals surface area contributed by atoms with Crippen molar-refractivity contribution in [2.24, 2.45) is 0 Å². The number of rotatable bonds is 15. The predicted molar refractivity (Wildman–Crippen MR) is 151 cm³/mol. The second-order valence-electron chi connectivity index (χ2n) is 8.16. The van der Waals surface area contributed by atoms with Gasteiger partial charge in [-0.15, -0.1) is 0 Å². The van der Waals surface area contributed by atoms with Gasteiger partial charge < -0.3 is 42.5 Å². The van der Waals surface area contributed by atoms with Gasteiger partial charge in [-0.05, 0) is 38.1 Å². The molecule has 0 bridgehead atoms. The molecule has 0 aliphatic rings. The van der Waals surface area contributed by atoms with E-state index in [0.717, 1.165) is 27.4 Å². The van der Waals surface area contributed by atoms with Crippen LogP contribution >= 0.6 is 15.2 Å². The van der Waals surface area contributed by atoms with Crippen molar-refractivity contribution in [1.29, 1.82) is 0 Å². The van der Waals surface area contributed by atoms with E-state index in [1.54, 1.807) is 26.0 Å². The molecular weight excluding hydrogens is 594 g/mol. The maximum atomic E-state index is 13.6. The fraction of sp³-hybridized carbons (Fsp3) is 0.259. The lowest BCUT2D eigenvalue weighted by Gasteiger charge is -2.22. The lowest BCUT2D eigenvalue weighted by Crippen LogP contribution is -2.15. The summed E-state index contributed by atoms with van der Waals surface area (Å²) in [6.45, 7) is 3.78. The molecule has 15 heteroatoms. The van der Waals surface area contributed by atoms with Gasteiger partial charge in [0.25, 0.3) is 11.0 Å². The Hall–Kier alpha value is -4.02. The van der Waals surface area contributed by atoms with Crippen molar-refractivity contribution < 1.29 is 61.2 Å². The molecule has 0 heterocycles. The quantitative estimate of drug-likeness (QED) is 0.208. The molecule has 0 amide bonds. The van der Waals surface area contributed by atoms with E-state index in [2.05, 4.69) is 0 Å². The second-order valence-corrected chi connectivity index (χ2v) is 11.4. The number of hydrogen-bond acceptors (Lipinski definition) is 11. The van der Waals surface area contributed by atoms with Crippen molar-refractivity contribution in [1.82, 2.24) is 0 Å². The van der Waals surface area contributed by atoms with Crippen LogP contribution in [0.1, 0.15) is 34.6 Å². The first kappa shape index (κ1) is 32.5. The highest BCUT2D eigenvalue weighted by atomic mass is 31.2. The summed E-state index contributed by atoms with van der Waals surface area (Å²) in [4.78, 5) is 48.7. The van der Waals surface area contributed by atoms with Gasteiger partial charge in [-0.1, -0.05) is 24.3 Å². The minimum atomic E-state index is -5.25. The van der Waals surface area contributed by atoms with Crippen LogP contribution in [-0.4, -0.2) is 55.4 Å². The highest BCUT2D eigenvalue weighted by Gasteiger charge is 2.44. The second kappa shape index (κ2) is 13.8. The Bertz CT molecular complexity index is 1440. The summed E-state index contributed by atoms with van der Waals surface area (Å²) in [6.07, 6.45) is 0. The van der Waals surface area contributed by atoms with Crippen molar-refractivity contribution in [3.05, 3.63) is 65.7 Å². The van der Waals surface area contributed by atoms with E-state index in [1.165, 1.54) is 36.4 Å². The van der Waals surface area contributed by atoms with Gasteiger partial charge in [0.15, 0.2) is 23.0 Å².